The Morgan fingerprint density at radius 3 is 1.96 bits per heavy atom. The zero-order chi connectivity index (χ0) is 17.6. The second-order valence-corrected chi connectivity index (χ2v) is 5.62. The van der Waals surface area contributed by atoms with Crippen LogP contribution >= 0.6 is 0 Å². The van der Waals surface area contributed by atoms with Crippen LogP contribution in [0.25, 0.3) is 10.8 Å². The number of benzene rings is 3. The molecule has 0 radical (unpaired) electrons. The first-order chi connectivity index (χ1) is 12.1. The minimum Gasteiger partial charge on any atom is -0.508 e. The molecule has 0 aliphatic heterocycles. The number of nitrogens with one attached hydrogen (secondary N) is 2. The average molecular weight is 334 g/mol. The van der Waals surface area contributed by atoms with Crippen molar-refractivity contribution in [1.82, 2.24) is 10.6 Å². The Morgan fingerprint density at radius 1 is 0.720 bits per heavy atom. The highest BCUT2D eigenvalue weighted by atomic mass is 16.3. The van der Waals surface area contributed by atoms with E-state index in [0.29, 0.717) is 24.2 Å². The monoisotopic (exact) mass is 334 g/mol. The molecular formula is C20H18N2O3. The van der Waals surface area contributed by atoms with Gasteiger partial charge in [-0.15, -0.1) is 0 Å². The highest BCUT2D eigenvalue weighted by Crippen LogP contribution is 2.15. The molecule has 3 rings (SSSR count). The molecule has 0 atom stereocenters. The summed E-state index contributed by atoms with van der Waals surface area (Å²) in [6.45, 7) is 0.647. The van der Waals surface area contributed by atoms with Gasteiger partial charge in [-0.05, 0) is 47.2 Å². The van der Waals surface area contributed by atoms with Crippen LogP contribution in [-0.4, -0.2) is 30.0 Å². The van der Waals surface area contributed by atoms with Gasteiger partial charge < -0.3 is 15.7 Å². The number of carbonyl (C=O) groups is 2. The summed E-state index contributed by atoms with van der Waals surface area (Å²) in [4.78, 5) is 24.1. The number of amides is 2. The van der Waals surface area contributed by atoms with Gasteiger partial charge in [0.15, 0.2) is 0 Å². The number of rotatable bonds is 5. The fourth-order valence-corrected chi connectivity index (χ4v) is 2.50. The molecule has 0 saturated heterocycles. The van der Waals surface area contributed by atoms with Crippen molar-refractivity contribution < 1.29 is 14.7 Å². The van der Waals surface area contributed by atoms with Gasteiger partial charge in [0.1, 0.15) is 5.75 Å². The SMILES string of the molecule is O=C(NCCNC(=O)c1ccc2ccccc2c1)c1ccc(O)cc1. The third kappa shape index (κ3) is 4.14. The molecule has 5 heteroatoms. The molecule has 2 amide bonds. The van der Waals surface area contributed by atoms with Crippen molar-refractivity contribution >= 4 is 22.6 Å². The van der Waals surface area contributed by atoms with Gasteiger partial charge in [0, 0.05) is 24.2 Å². The maximum Gasteiger partial charge on any atom is 0.251 e. The second kappa shape index (κ2) is 7.49. The Balaban J connectivity index is 1.50. The van der Waals surface area contributed by atoms with Crippen molar-refractivity contribution in [1.29, 1.82) is 0 Å². The van der Waals surface area contributed by atoms with Gasteiger partial charge in [-0.2, -0.15) is 0 Å². The number of fused-ring (bicyclic) bond motifs is 1. The van der Waals surface area contributed by atoms with Crippen molar-refractivity contribution in [2.24, 2.45) is 0 Å². The van der Waals surface area contributed by atoms with E-state index in [-0.39, 0.29) is 17.6 Å². The van der Waals surface area contributed by atoms with Gasteiger partial charge in [0.2, 0.25) is 0 Å². The Morgan fingerprint density at radius 2 is 1.28 bits per heavy atom. The predicted octanol–water partition coefficient (Wildman–Crippen LogP) is 2.71. The van der Waals surface area contributed by atoms with E-state index in [9.17, 15) is 14.7 Å². The maximum atomic E-state index is 12.2. The van der Waals surface area contributed by atoms with E-state index in [1.54, 1.807) is 18.2 Å². The van der Waals surface area contributed by atoms with Crippen LogP contribution in [0.15, 0.2) is 66.7 Å². The van der Waals surface area contributed by atoms with Gasteiger partial charge in [0.25, 0.3) is 11.8 Å². The van der Waals surface area contributed by atoms with E-state index in [1.807, 2.05) is 36.4 Å². The van der Waals surface area contributed by atoms with E-state index in [1.165, 1.54) is 12.1 Å². The van der Waals surface area contributed by atoms with Crippen LogP contribution in [0.3, 0.4) is 0 Å². The fourth-order valence-electron chi connectivity index (χ4n) is 2.50. The maximum absolute atomic E-state index is 12.2. The van der Waals surface area contributed by atoms with Crippen LogP contribution in [0.5, 0.6) is 5.75 Å². The van der Waals surface area contributed by atoms with Gasteiger partial charge in [-0.3, -0.25) is 9.59 Å². The highest BCUT2D eigenvalue weighted by Gasteiger charge is 2.07. The number of phenolic OH excluding ortho intramolecular Hbond substituents is 1. The lowest BCUT2D eigenvalue weighted by atomic mass is 10.1. The number of carbonyl (C=O) groups excluding carboxylic acids is 2. The van der Waals surface area contributed by atoms with Gasteiger partial charge in [-0.25, -0.2) is 0 Å². The van der Waals surface area contributed by atoms with Crippen LogP contribution in [-0.2, 0) is 0 Å². The molecule has 0 saturated carbocycles. The van der Waals surface area contributed by atoms with Crippen molar-refractivity contribution in [3.8, 4) is 5.75 Å². The summed E-state index contributed by atoms with van der Waals surface area (Å²) in [5, 5.41) is 16.8. The number of aromatic hydroxyl groups is 1. The van der Waals surface area contributed by atoms with Crippen molar-refractivity contribution in [2.45, 2.75) is 0 Å². The number of phenols is 1. The summed E-state index contributed by atoms with van der Waals surface area (Å²) in [7, 11) is 0. The Labute approximate surface area is 145 Å². The minimum absolute atomic E-state index is 0.110. The topological polar surface area (TPSA) is 78.4 Å². The molecule has 5 nitrogen and oxygen atoms in total. The molecule has 3 aromatic rings. The molecule has 3 aromatic carbocycles. The first-order valence-electron chi connectivity index (χ1n) is 7.98. The molecule has 0 bridgehead atoms. The van der Waals surface area contributed by atoms with E-state index < -0.39 is 0 Å². The molecule has 0 aliphatic carbocycles. The molecule has 0 aromatic heterocycles. The Bertz CT molecular complexity index is 904. The molecule has 0 spiro atoms. The molecular weight excluding hydrogens is 316 g/mol. The quantitative estimate of drug-likeness (QED) is 0.628. The Hall–Kier alpha value is -3.34. The van der Waals surface area contributed by atoms with Gasteiger partial charge in [-0.1, -0.05) is 30.3 Å². The van der Waals surface area contributed by atoms with Crippen molar-refractivity contribution in [2.75, 3.05) is 13.1 Å². The lowest BCUT2D eigenvalue weighted by Crippen LogP contribution is -2.34. The molecule has 0 heterocycles. The summed E-state index contributed by atoms with van der Waals surface area (Å²) < 4.78 is 0. The van der Waals surface area contributed by atoms with E-state index in [4.69, 9.17) is 0 Å². The summed E-state index contributed by atoms with van der Waals surface area (Å²) in [5.74, 6) is -0.316. The molecule has 0 aliphatic rings. The summed E-state index contributed by atoms with van der Waals surface area (Å²) in [6.07, 6.45) is 0. The highest BCUT2D eigenvalue weighted by molar-refractivity contribution is 5.98. The van der Waals surface area contributed by atoms with Crippen LogP contribution in [0.1, 0.15) is 20.7 Å². The summed E-state index contributed by atoms with van der Waals surface area (Å²) >= 11 is 0. The van der Waals surface area contributed by atoms with Crippen molar-refractivity contribution in [3.63, 3.8) is 0 Å². The number of hydrogen-bond donors (Lipinski definition) is 3. The zero-order valence-electron chi connectivity index (χ0n) is 13.5. The molecule has 25 heavy (non-hydrogen) atoms. The van der Waals surface area contributed by atoms with Crippen LogP contribution in [0.2, 0.25) is 0 Å². The predicted molar refractivity (Wildman–Crippen MR) is 96.7 cm³/mol. The zero-order valence-corrected chi connectivity index (χ0v) is 13.5. The van der Waals surface area contributed by atoms with Crippen LogP contribution in [0.4, 0.5) is 0 Å². The van der Waals surface area contributed by atoms with Crippen LogP contribution < -0.4 is 10.6 Å². The van der Waals surface area contributed by atoms with Crippen molar-refractivity contribution in [3.05, 3.63) is 77.9 Å². The average Bonchev–Trinajstić information content (AvgIpc) is 2.65. The second-order valence-electron chi connectivity index (χ2n) is 5.62. The van der Waals surface area contributed by atoms with E-state index >= 15 is 0 Å². The van der Waals surface area contributed by atoms with E-state index in [0.717, 1.165) is 10.8 Å². The first-order valence-corrected chi connectivity index (χ1v) is 7.98. The fraction of sp³-hybridized carbons (Fsp3) is 0.100. The largest absolute Gasteiger partial charge is 0.508 e. The lowest BCUT2D eigenvalue weighted by molar-refractivity contribution is 0.0927. The standard InChI is InChI=1S/C20H18N2O3/c23-18-9-7-15(8-10-18)19(24)21-11-12-22-20(25)17-6-5-14-3-1-2-4-16(14)13-17/h1-10,13,23H,11-12H2,(H,21,24)(H,22,25). The molecule has 3 N–H and O–H groups in total. The van der Waals surface area contributed by atoms with Gasteiger partial charge in [0.05, 0.1) is 0 Å². The third-order valence-corrected chi connectivity index (χ3v) is 3.84. The third-order valence-electron chi connectivity index (χ3n) is 3.84. The summed E-state index contributed by atoms with van der Waals surface area (Å²) in [6, 6.07) is 19.4. The van der Waals surface area contributed by atoms with E-state index in [2.05, 4.69) is 10.6 Å². The minimum atomic E-state index is -0.250. The lowest BCUT2D eigenvalue weighted by Gasteiger charge is -2.08. The van der Waals surface area contributed by atoms with Gasteiger partial charge >= 0.3 is 0 Å². The molecule has 0 unspecified atom stereocenters. The van der Waals surface area contributed by atoms with Crippen LogP contribution in [0, 0.1) is 0 Å². The smallest absolute Gasteiger partial charge is 0.251 e. The normalized spacial score (nSPS) is 10.4. The Kier molecular flexibility index (Phi) is 4.95. The number of hydrogen-bond acceptors (Lipinski definition) is 3. The molecule has 0 fully saturated rings. The molecule has 126 valence electrons. The summed E-state index contributed by atoms with van der Waals surface area (Å²) in [5.41, 5.74) is 1.04. The first kappa shape index (κ1) is 16.5.